The molecule has 0 unspecified atom stereocenters. The van der Waals surface area contributed by atoms with E-state index < -0.39 is 0 Å². The number of anilines is 1. The molecule has 0 atom stereocenters. The molecule has 2 aromatic carbocycles. The van der Waals surface area contributed by atoms with E-state index in [-0.39, 0.29) is 5.91 Å². The normalized spacial score (nSPS) is 10.3. The smallest absolute Gasteiger partial charge is 0.225 e. The highest BCUT2D eigenvalue weighted by molar-refractivity contribution is 9.10. The molecule has 0 aliphatic heterocycles. The van der Waals surface area contributed by atoms with E-state index in [0.717, 1.165) is 15.9 Å². The Labute approximate surface area is 132 Å². The number of rotatable bonds is 5. The van der Waals surface area contributed by atoms with E-state index in [1.165, 1.54) is 10.5 Å². The Morgan fingerprint density at radius 3 is 2.40 bits per heavy atom. The Morgan fingerprint density at radius 1 is 1.10 bits per heavy atom. The number of hydrogen-bond donors (Lipinski definition) is 1. The molecule has 0 saturated carbocycles. The first kappa shape index (κ1) is 15.1. The van der Waals surface area contributed by atoms with Crippen molar-refractivity contribution in [3.63, 3.8) is 0 Å². The zero-order valence-electron chi connectivity index (χ0n) is 11.2. The summed E-state index contributed by atoms with van der Waals surface area (Å²) in [6.45, 7) is 2.07. The summed E-state index contributed by atoms with van der Waals surface area (Å²) in [5, 5.41) is 2.89. The van der Waals surface area contributed by atoms with Crippen LogP contribution in [0.2, 0.25) is 0 Å². The number of benzene rings is 2. The molecule has 104 valence electrons. The van der Waals surface area contributed by atoms with Crippen LogP contribution in [0.4, 0.5) is 5.69 Å². The van der Waals surface area contributed by atoms with Gasteiger partial charge in [-0.3, -0.25) is 4.79 Å². The number of carbonyl (C=O) groups excluding carboxylic acids is 1. The maximum Gasteiger partial charge on any atom is 0.225 e. The molecular formula is C16H16BrNOS. The molecule has 4 heteroatoms. The molecule has 0 bridgehead atoms. The number of thioether (sulfide) groups is 1. The highest BCUT2D eigenvalue weighted by Gasteiger charge is 2.03. The third-order valence-corrected chi connectivity index (χ3v) is 4.29. The maximum atomic E-state index is 11.8. The Kier molecular flexibility index (Phi) is 5.68. The SMILES string of the molecule is Cc1ccc(SCCC(=O)Nc2ccc(Br)cc2)cc1. The van der Waals surface area contributed by atoms with Crippen molar-refractivity contribution < 1.29 is 4.79 Å². The van der Waals surface area contributed by atoms with Crippen LogP contribution in [0.3, 0.4) is 0 Å². The van der Waals surface area contributed by atoms with Crippen LogP contribution >= 0.6 is 27.7 Å². The summed E-state index contributed by atoms with van der Waals surface area (Å²) in [6.07, 6.45) is 0.509. The fourth-order valence-corrected chi connectivity index (χ4v) is 2.77. The minimum Gasteiger partial charge on any atom is -0.326 e. The van der Waals surface area contributed by atoms with Gasteiger partial charge in [-0.1, -0.05) is 33.6 Å². The first-order valence-electron chi connectivity index (χ1n) is 6.38. The second-order valence-corrected chi connectivity index (χ2v) is 6.55. The van der Waals surface area contributed by atoms with Gasteiger partial charge < -0.3 is 5.32 Å². The second kappa shape index (κ2) is 7.50. The van der Waals surface area contributed by atoms with Crippen molar-refractivity contribution in [2.24, 2.45) is 0 Å². The van der Waals surface area contributed by atoms with Gasteiger partial charge in [0.25, 0.3) is 0 Å². The topological polar surface area (TPSA) is 29.1 Å². The standard InChI is InChI=1S/C16H16BrNOS/c1-12-2-8-15(9-3-12)20-11-10-16(19)18-14-6-4-13(17)5-7-14/h2-9H,10-11H2,1H3,(H,18,19). The summed E-state index contributed by atoms with van der Waals surface area (Å²) in [5.74, 6) is 0.831. The fraction of sp³-hybridized carbons (Fsp3) is 0.188. The zero-order chi connectivity index (χ0) is 14.4. The Hall–Kier alpha value is -1.26. The molecule has 0 aromatic heterocycles. The maximum absolute atomic E-state index is 11.8. The van der Waals surface area contributed by atoms with Crippen molar-refractivity contribution in [3.05, 3.63) is 58.6 Å². The van der Waals surface area contributed by atoms with Gasteiger partial charge in [-0.2, -0.15) is 0 Å². The summed E-state index contributed by atoms with van der Waals surface area (Å²) in [7, 11) is 0. The lowest BCUT2D eigenvalue weighted by molar-refractivity contribution is -0.115. The molecule has 2 rings (SSSR count). The summed E-state index contributed by atoms with van der Waals surface area (Å²) in [4.78, 5) is 13.0. The van der Waals surface area contributed by atoms with Gasteiger partial charge in [-0.05, 0) is 43.3 Å². The van der Waals surface area contributed by atoms with E-state index in [2.05, 4.69) is 52.4 Å². The predicted molar refractivity (Wildman–Crippen MR) is 89.3 cm³/mol. The largest absolute Gasteiger partial charge is 0.326 e. The van der Waals surface area contributed by atoms with Crippen molar-refractivity contribution in [1.82, 2.24) is 0 Å². The Bertz CT molecular complexity index is 566. The number of nitrogens with one attached hydrogen (secondary N) is 1. The number of halogens is 1. The van der Waals surface area contributed by atoms with Crippen molar-refractivity contribution in [1.29, 1.82) is 0 Å². The highest BCUT2D eigenvalue weighted by Crippen LogP contribution is 2.19. The third-order valence-electron chi connectivity index (χ3n) is 2.75. The van der Waals surface area contributed by atoms with Crippen molar-refractivity contribution in [2.45, 2.75) is 18.2 Å². The molecule has 1 N–H and O–H groups in total. The lowest BCUT2D eigenvalue weighted by Crippen LogP contribution is -2.11. The summed E-state index contributed by atoms with van der Waals surface area (Å²) < 4.78 is 1.01. The second-order valence-electron chi connectivity index (χ2n) is 4.47. The van der Waals surface area contributed by atoms with Crippen LogP contribution in [0.25, 0.3) is 0 Å². The number of amides is 1. The lowest BCUT2D eigenvalue weighted by Gasteiger charge is -2.05. The van der Waals surface area contributed by atoms with E-state index in [1.807, 2.05) is 24.3 Å². The molecule has 0 spiro atoms. The minimum absolute atomic E-state index is 0.0481. The van der Waals surface area contributed by atoms with Crippen molar-refractivity contribution in [3.8, 4) is 0 Å². The molecule has 2 nitrogen and oxygen atoms in total. The van der Waals surface area contributed by atoms with Crippen LogP contribution in [0.5, 0.6) is 0 Å². The third kappa shape index (κ3) is 5.02. The summed E-state index contributed by atoms with van der Waals surface area (Å²) >= 11 is 5.07. The van der Waals surface area contributed by atoms with Crippen LogP contribution in [-0.4, -0.2) is 11.7 Å². The van der Waals surface area contributed by atoms with Gasteiger partial charge in [-0.25, -0.2) is 0 Å². The van der Waals surface area contributed by atoms with Gasteiger partial charge in [0.05, 0.1) is 0 Å². The number of hydrogen-bond acceptors (Lipinski definition) is 2. The summed E-state index contributed by atoms with van der Waals surface area (Å²) in [6, 6.07) is 15.9. The van der Waals surface area contributed by atoms with E-state index in [1.54, 1.807) is 11.8 Å². The molecule has 0 fully saturated rings. The molecule has 0 heterocycles. The monoisotopic (exact) mass is 349 g/mol. The molecule has 0 aliphatic carbocycles. The fourth-order valence-electron chi connectivity index (χ4n) is 1.65. The Balaban J connectivity index is 1.75. The van der Waals surface area contributed by atoms with Gasteiger partial charge in [-0.15, -0.1) is 11.8 Å². The Morgan fingerprint density at radius 2 is 1.75 bits per heavy atom. The highest BCUT2D eigenvalue weighted by atomic mass is 79.9. The van der Waals surface area contributed by atoms with E-state index in [0.29, 0.717) is 6.42 Å². The number of aryl methyl sites for hydroxylation is 1. The molecule has 0 radical (unpaired) electrons. The average molecular weight is 350 g/mol. The van der Waals surface area contributed by atoms with Crippen LogP contribution < -0.4 is 5.32 Å². The quantitative estimate of drug-likeness (QED) is 0.779. The van der Waals surface area contributed by atoms with Crippen LogP contribution in [0.1, 0.15) is 12.0 Å². The molecule has 20 heavy (non-hydrogen) atoms. The molecule has 0 aliphatic rings. The van der Waals surface area contributed by atoms with Gasteiger partial charge in [0, 0.05) is 27.2 Å². The van der Waals surface area contributed by atoms with E-state index in [4.69, 9.17) is 0 Å². The van der Waals surface area contributed by atoms with E-state index in [9.17, 15) is 4.79 Å². The average Bonchev–Trinajstić information content (AvgIpc) is 2.44. The first-order valence-corrected chi connectivity index (χ1v) is 8.16. The molecule has 0 saturated heterocycles. The van der Waals surface area contributed by atoms with Crippen molar-refractivity contribution >= 4 is 39.3 Å². The van der Waals surface area contributed by atoms with Crippen LogP contribution in [-0.2, 0) is 4.79 Å². The molecule has 2 aromatic rings. The van der Waals surface area contributed by atoms with E-state index >= 15 is 0 Å². The minimum atomic E-state index is 0.0481. The van der Waals surface area contributed by atoms with Crippen molar-refractivity contribution in [2.75, 3.05) is 11.1 Å². The lowest BCUT2D eigenvalue weighted by atomic mass is 10.2. The summed E-state index contributed by atoms with van der Waals surface area (Å²) in [5.41, 5.74) is 2.08. The van der Waals surface area contributed by atoms with Gasteiger partial charge in [0.1, 0.15) is 0 Å². The van der Waals surface area contributed by atoms with Gasteiger partial charge in [0.15, 0.2) is 0 Å². The number of carbonyl (C=O) groups is 1. The molecule has 1 amide bonds. The zero-order valence-corrected chi connectivity index (χ0v) is 13.6. The predicted octanol–water partition coefficient (Wildman–Crippen LogP) is 4.88. The molecular weight excluding hydrogens is 334 g/mol. The van der Waals surface area contributed by atoms with Gasteiger partial charge in [0.2, 0.25) is 5.91 Å². The van der Waals surface area contributed by atoms with Crippen LogP contribution in [0, 0.1) is 6.92 Å². The van der Waals surface area contributed by atoms with Crippen LogP contribution in [0.15, 0.2) is 57.9 Å². The first-order chi connectivity index (χ1) is 9.63. The van der Waals surface area contributed by atoms with Gasteiger partial charge >= 0.3 is 0 Å².